The van der Waals surface area contributed by atoms with Gasteiger partial charge in [-0.25, -0.2) is 23.5 Å². The van der Waals surface area contributed by atoms with Crippen molar-refractivity contribution < 1.29 is 13.6 Å². The van der Waals surface area contributed by atoms with Gasteiger partial charge in [-0.05, 0) is 30.7 Å². The highest BCUT2D eigenvalue weighted by Crippen LogP contribution is 2.27. The molecule has 5 rings (SSSR count). The number of urea groups is 1. The summed E-state index contributed by atoms with van der Waals surface area (Å²) in [4.78, 5) is 26.6. The van der Waals surface area contributed by atoms with Crippen molar-refractivity contribution in [3.8, 4) is 22.4 Å². The van der Waals surface area contributed by atoms with Gasteiger partial charge in [0, 0.05) is 59.9 Å². The van der Waals surface area contributed by atoms with Crippen LogP contribution in [-0.2, 0) is 0 Å². The summed E-state index contributed by atoms with van der Waals surface area (Å²) in [5.41, 5.74) is 2.78. The number of hydrogen-bond acceptors (Lipinski definition) is 4. The summed E-state index contributed by atoms with van der Waals surface area (Å²) in [6.45, 7) is 0.426. The zero-order valence-electron chi connectivity index (χ0n) is 16.4. The SMILES string of the molecule is O=C(Nc1ccc(F)c(-c2cn3cc(-c4cccnc4)cnc3n2)c1)N1CCC(F)C1. The van der Waals surface area contributed by atoms with E-state index in [9.17, 15) is 13.6 Å². The van der Waals surface area contributed by atoms with Crippen molar-refractivity contribution in [3.63, 3.8) is 0 Å². The molecule has 3 aromatic heterocycles. The maximum Gasteiger partial charge on any atom is 0.321 e. The highest BCUT2D eigenvalue weighted by molar-refractivity contribution is 5.90. The number of likely N-dealkylation sites (tertiary alicyclic amines) is 1. The first-order valence-electron chi connectivity index (χ1n) is 9.82. The highest BCUT2D eigenvalue weighted by atomic mass is 19.1. The van der Waals surface area contributed by atoms with E-state index < -0.39 is 18.0 Å². The Bertz CT molecular complexity index is 1260. The predicted molar refractivity (Wildman–Crippen MR) is 112 cm³/mol. The quantitative estimate of drug-likeness (QED) is 0.540. The van der Waals surface area contributed by atoms with Gasteiger partial charge >= 0.3 is 6.03 Å². The molecule has 31 heavy (non-hydrogen) atoms. The second-order valence-corrected chi connectivity index (χ2v) is 7.37. The minimum atomic E-state index is -1.00. The van der Waals surface area contributed by atoms with Crippen molar-refractivity contribution >= 4 is 17.5 Å². The Hall–Kier alpha value is -3.88. The molecule has 0 bridgehead atoms. The Balaban J connectivity index is 1.44. The van der Waals surface area contributed by atoms with Gasteiger partial charge in [-0.15, -0.1) is 0 Å². The second kappa shape index (κ2) is 7.75. The molecule has 156 valence electrons. The summed E-state index contributed by atoms with van der Waals surface area (Å²) in [5.74, 6) is -0.0542. The molecular weight excluding hydrogens is 402 g/mol. The second-order valence-electron chi connectivity index (χ2n) is 7.37. The number of alkyl halides is 1. The fraction of sp³-hybridized carbons (Fsp3) is 0.182. The molecule has 1 N–H and O–H groups in total. The minimum Gasteiger partial charge on any atom is -0.322 e. The molecule has 1 fully saturated rings. The molecule has 0 aliphatic carbocycles. The van der Waals surface area contributed by atoms with E-state index in [0.717, 1.165) is 11.1 Å². The Morgan fingerprint density at radius 1 is 1.16 bits per heavy atom. The van der Waals surface area contributed by atoms with E-state index in [1.54, 1.807) is 29.2 Å². The number of benzene rings is 1. The summed E-state index contributed by atoms with van der Waals surface area (Å²) in [7, 11) is 0. The van der Waals surface area contributed by atoms with E-state index in [4.69, 9.17) is 0 Å². The van der Waals surface area contributed by atoms with Crippen LogP contribution in [0.3, 0.4) is 0 Å². The monoisotopic (exact) mass is 420 g/mol. The average molecular weight is 420 g/mol. The minimum absolute atomic E-state index is 0.0667. The van der Waals surface area contributed by atoms with E-state index in [1.165, 1.54) is 23.1 Å². The molecule has 1 aliphatic rings. The van der Waals surface area contributed by atoms with Gasteiger partial charge in [-0.2, -0.15) is 0 Å². The number of imidazole rings is 1. The molecule has 1 atom stereocenters. The largest absolute Gasteiger partial charge is 0.322 e. The van der Waals surface area contributed by atoms with Crippen LogP contribution in [0.25, 0.3) is 28.2 Å². The summed E-state index contributed by atoms with van der Waals surface area (Å²) in [5, 5.41) is 2.70. The Labute approximate surface area is 176 Å². The summed E-state index contributed by atoms with van der Waals surface area (Å²) >= 11 is 0. The van der Waals surface area contributed by atoms with Crippen LogP contribution >= 0.6 is 0 Å². The van der Waals surface area contributed by atoms with E-state index in [2.05, 4.69) is 20.3 Å². The molecule has 1 saturated heterocycles. The van der Waals surface area contributed by atoms with E-state index >= 15 is 0 Å². The van der Waals surface area contributed by atoms with Crippen molar-refractivity contribution in [2.75, 3.05) is 18.4 Å². The fourth-order valence-corrected chi connectivity index (χ4v) is 3.60. The zero-order valence-corrected chi connectivity index (χ0v) is 16.4. The van der Waals surface area contributed by atoms with Crippen molar-refractivity contribution in [2.45, 2.75) is 12.6 Å². The standard InChI is InChI=1S/C22H18F2N6O/c23-16-5-7-29(12-16)22(31)27-17-3-4-19(24)18(8-17)20-13-30-11-15(10-26-21(30)28-20)14-2-1-6-25-9-14/h1-4,6,8-11,13,16H,5,7,12H2,(H,27,31). The van der Waals surface area contributed by atoms with Crippen LogP contribution in [0.5, 0.6) is 0 Å². The van der Waals surface area contributed by atoms with Gasteiger partial charge in [0.2, 0.25) is 5.78 Å². The average Bonchev–Trinajstić information content (AvgIpc) is 3.41. The molecule has 0 radical (unpaired) electrons. The van der Waals surface area contributed by atoms with Crippen LogP contribution in [0.4, 0.5) is 19.3 Å². The predicted octanol–water partition coefficient (Wildman–Crippen LogP) is 4.17. The third-order valence-corrected chi connectivity index (χ3v) is 5.22. The first-order chi connectivity index (χ1) is 15.1. The van der Waals surface area contributed by atoms with Crippen LogP contribution in [0.1, 0.15) is 6.42 Å². The number of hydrogen-bond donors (Lipinski definition) is 1. The van der Waals surface area contributed by atoms with Gasteiger partial charge in [0.1, 0.15) is 12.0 Å². The smallest absolute Gasteiger partial charge is 0.321 e. The van der Waals surface area contributed by atoms with Crippen LogP contribution in [0.2, 0.25) is 0 Å². The lowest BCUT2D eigenvalue weighted by atomic mass is 10.1. The number of halogens is 2. The first-order valence-corrected chi connectivity index (χ1v) is 9.82. The molecule has 4 aromatic rings. The van der Waals surface area contributed by atoms with Gasteiger partial charge in [-0.3, -0.25) is 9.38 Å². The highest BCUT2D eigenvalue weighted by Gasteiger charge is 2.26. The van der Waals surface area contributed by atoms with Crippen molar-refractivity contribution in [1.82, 2.24) is 24.3 Å². The molecule has 9 heteroatoms. The molecule has 0 spiro atoms. The van der Waals surface area contributed by atoms with Crippen molar-refractivity contribution in [2.24, 2.45) is 0 Å². The lowest BCUT2D eigenvalue weighted by molar-refractivity contribution is 0.218. The molecule has 7 nitrogen and oxygen atoms in total. The summed E-state index contributed by atoms with van der Waals surface area (Å²) in [6, 6.07) is 7.60. The van der Waals surface area contributed by atoms with Gasteiger partial charge < -0.3 is 10.2 Å². The molecule has 0 saturated carbocycles. The number of nitrogens with one attached hydrogen (secondary N) is 1. The lowest BCUT2D eigenvalue weighted by Crippen LogP contribution is -2.33. The van der Waals surface area contributed by atoms with Crippen molar-refractivity contribution in [1.29, 1.82) is 0 Å². The number of anilines is 1. The normalized spacial score (nSPS) is 16.1. The number of aromatic nitrogens is 4. The maximum atomic E-state index is 14.6. The molecule has 2 amide bonds. The Morgan fingerprint density at radius 2 is 2.06 bits per heavy atom. The molecular formula is C22H18F2N6O. The summed E-state index contributed by atoms with van der Waals surface area (Å²) < 4.78 is 29.6. The maximum absolute atomic E-state index is 14.6. The summed E-state index contributed by atoms with van der Waals surface area (Å²) in [6.07, 6.45) is 7.97. The third kappa shape index (κ3) is 3.81. The van der Waals surface area contributed by atoms with Crippen LogP contribution in [0.15, 0.2) is 61.3 Å². The van der Waals surface area contributed by atoms with Crippen LogP contribution in [0, 0.1) is 5.82 Å². The molecule has 1 aromatic carbocycles. The van der Waals surface area contributed by atoms with Gasteiger partial charge in [0.15, 0.2) is 0 Å². The van der Waals surface area contributed by atoms with E-state index in [-0.39, 0.29) is 12.1 Å². The van der Waals surface area contributed by atoms with Crippen LogP contribution in [-0.4, -0.2) is 49.5 Å². The number of amides is 2. The van der Waals surface area contributed by atoms with Gasteiger partial charge in [-0.1, -0.05) is 6.07 Å². The number of pyridine rings is 1. The Morgan fingerprint density at radius 3 is 2.84 bits per heavy atom. The number of carbonyl (C=O) groups excluding carboxylic acids is 1. The topological polar surface area (TPSA) is 75.4 Å². The number of nitrogens with zero attached hydrogens (tertiary/aromatic N) is 5. The van der Waals surface area contributed by atoms with E-state index in [1.807, 2.05) is 18.3 Å². The van der Waals surface area contributed by atoms with Crippen molar-refractivity contribution in [3.05, 3.63) is 67.1 Å². The number of fused-ring (bicyclic) bond motifs is 1. The lowest BCUT2D eigenvalue weighted by Gasteiger charge is -2.16. The molecule has 4 heterocycles. The number of rotatable bonds is 3. The van der Waals surface area contributed by atoms with Gasteiger partial charge in [0.05, 0.1) is 12.2 Å². The number of carbonyl (C=O) groups is 1. The Kier molecular flexibility index (Phi) is 4.78. The van der Waals surface area contributed by atoms with E-state index in [0.29, 0.717) is 30.1 Å². The molecule has 1 aliphatic heterocycles. The molecule has 1 unspecified atom stereocenters. The third-order valence-electron chi connectivity index (χ3n) is 5.22. The van der Waals surface area contributed by atoms with Gasteiger partial charge in [0.25, 0.3) is 0 Å². The fourth-order valence-electron chi connectivity index (χ4n) is 3.60. The van der Waals surface area contributed by atoms with Crippen LogP contribution < -0.4 is 5.32 Å². The first kappa shape index (κ1) is 19.1. The zero-order chi connectivity index (χ0) is 21.4.